The number of ether oxygens (including phenoxy) is 1. The van der Waals surface area contributed by atoms with Gasteiger partial charge in [0.05, 0.1) is 19.3 Å². The lowest BCUT2D eigenvalue weighted by Crippen LogP contribution is -2.43. The number of aromatic nitrogens is 3. The number of carbonyl (C=O) groups is 1. The zero-order valence-corrected chi connectivity index (χ0v) is 17.9. The maximum absolute atomic E-state index is 12.7. The number of hydrogen-bond donors (Lipinski definition) is 2. The summed E-state index contributed by atoms with van der Waals surface area (Å²) in [5.74, 6) is 0.854. The summed E-state index contributed by atoms with van der Waals surface area (Å²) < 4.78 is 7.55. The molecular formula is C19H28Cl2N6O2. The van der Waals surface area contributed by atoms with Gasteiger partial charge in [0.2, 0.25) is 0 Å². The van der Waals surface area contributed by atoms with Crippen molar-refractivity contribution in [2.75, 3.05) is 45.9 Å². The Hall–Kier alpha value is -1.71. The summed E-state index contributed by atoms with van der Waals surface area (Å²) in [6.45, 7) is 6.31. The summed E-state index contributed by atoms with van der Waals surface area (Å²) >= 11 is 0. The van der Waals surface area contributed by atoms with Crippen LogP contribution in [0, 0.1) is 0 Å². The van der Waals surface area contributed by atoms with Gasteiger partial charge in [-0.25, -0.2) is 4.98 Å². The molecule has 2 aromatic heterocycles. The van der Waals surface area contributed by atoms with Gasteiger partial charge in [-0.1, -0.05) is 6.07 Å². The topological polar surface area (TPSA) is 84.3 Å². The Balaban J connectivity index is 0.00000150. The minimum atomic E-state index is -0.120. The first-order chi connectivity index (χ1) is 13.3. The number of nitrogens with zero attached hydrogens (tertiary/aromatic N) is 4. The maximum Gasteiger partial charge on any atom is 0.271 e. The quantitative estimate of drug-likeness (QED) is 0.720. The van der Waals surface area contributed by atoms with Crippen LogP contribution in [-0.4, -0.2) is 71.3 Å². The van der Waals surface area contributed by atoms with Crippen molar-refractivity contribution in [3.63, 3.8) is 0 Å². The van der Waals surface area contributed by atoms with E-state index in [9.17, 15) is 4.79 Å². The Kier molecular flexibility index (Phi) is 9.32. The fourth-order valence-corrected chi connectivity index (χ4v) is 3.68. The fraction of sp³-hybridized carbons (Fsp3) is 0.526. The second-order valence-corrected chi connectivity index (χ2v) is 6.90. The highest BCUT2D eigenvalue weighted by atomic mass is 35.5. The van der Waals surface area contributed by atoms with Gasteiger partial charge in [-0.15, -0.1) is 24.8 Å². The maximum atomic E-state index is 12.7. The van der Waals surface area contributed by atoms with Crippen LogP contribution >= 0.6 is 24.8 Å². The molecule has 0 aliphatic carbocycles. The summed E-state index contributed by atoms with van der Waals surface area (Å²) in [4.78, 5) is 23.8. The number of fused-ring (bicyclic) bond motifs is 1. The molecule has 0 saturated carbocycles. The van der Waals surface area contributed by atoms with Crippen molar-refractivity contribution in [2.45, 2.75) is 19.0 Å². The van der Waals surface area contributed by atoms with E-state index in [4.69, 9.17) is 4.74 Å². The van der Waals surface area contributed by atoms with Crippen LogP contribution in [0.4, 0.5) is 0 Å². The number of rotatable bonds is 5. The monoisotopic (exact) mass is 442 g/mol. The molecule has 0 spiro atoms. The molecule has 0 bridgehead atoms. The van der Waals surface area contributed by atoms with Crippen molar-refractivity contribution in [3.05, 3.63) is 47.8 Å². The second-order valence-electron chi connectivity index (χ2n) is 6.90. The smallest absolute Gasteiger partial charge is 0.271 e. The van der Waals surface area contributed by atoms with Crippen molar-refractivity contribution in [2.24, 2.45) is 0 Å². The van der Waals surface area contributed by atoms with E-state index in [1.165, 1.54) is 0 Å². The molecule has 1 unspecified atom stereocenters. The van der Waals surface area contributed by atoms with E-state index < -0.39 is 0 Å². The number of pyridine rings is 1. The van der Waals surface area contributed by atoms with Gasteiger partial charge in [0, 0.05) is 64.3 Å². The van der Waals surface area contributed by atoms with Crippen LogP contribution in [0.25, 0.3) is 0 Å². The van der Waals surface area contributed by atoms with E-state index in [2.05, 4.69) is 36.1 Å². The minimum Gasteiger partial charge on any atom is -0.379 e. The zero-order chi connectivity index (χ0) is 18.5. The molecule has 2 aliphatic rings. The third kappa shape index (κ3) is 5.90. The molecule has 1 fully saturated rings. The van der Waals surface area contributed by atoms with Crippen molar-refractivity contribution in [3.8, 4) is 0 Å². The van der Waals surface area contributed by atoms with Gasteiger partial charge in [-0.05, 0) is 11.6 Å². The SMILES string of the molecule is Cl.Cl.O=C(NCC(c1cccnc1)N1CCOCC1)c1cn2c(n1)CCNCC2. The van der Waals surface area contributed by atoms with E-state index in [-0.39, 0.29) is 36.8 Å². The Morgan fingerprint density at radius 3 is 2.83 bits per heavy atom. The molecule has 1 saturated heterocycles. The van der Waals surface area contributed by atoms with Crippen molar-refractivity contribution in [1.29, 1.82) is 0 Å². The predicted octanol–water partition coefficient (Wildman–Crippen LogP) is 1.07. The summed E-state index contributed by atoms with van der Waals surface area (Å²) in [6.07, 6.45) is 6.36. The largest absolute Gasteiger partial charge is 0.379 e. The van der Waals surface area contributed by atoms with Gasteiger partial charge in [0.15, 0.2) is 0 Å². The van der Waals surface area contributed by atoms with Gasteiger partial charge in [-0.2, -0.15) is 0 Å². The molecule has 29 heavy (non-hydrogen) atoms. The molecule has 1 amide bonds. The average Bonchev–Trinajstić information content (AvgIpc) is 3.00. The number of amides is 1. The molecule has 2 aliphatic heterocycles. The van der Waals surface area contributed by atoms with Crippen LogP contribution in [0.3, 0.4) is 0 Å². The van der Waals surface area contributed by atoms with E-state index in [1.54, 1.807) is 6.20 Å². The number of morpholine rings is 1. The minimum absolute atomic E-state index is 0. The van der Waals surface area contributed by atoms with E-state index in [0.29, 0.717) is 25.5 Å². The van der Waals surface area contributed by atoms with Crippen LogP contribution in [0.1, 0.15) is 27.9 Å². The zero-order valence-electron chi connectivity index (χ0n) is 16.2. The van der Waals surface area contributed by atoms with E-state index >= 15 is 0 Å². The lowest BCUT2D eigenvalue weighted by molar-refractivity contribution is 0.0161. The van der Waals surface area contributed by atoms with Gasteiger partial charge in [0.25, 0.3) is 5.91 Å². The summed E-state index contributed by atoms with van der Waals surface area (Å²) in [5, 5.41) is 6.42. The Morgan fingerprint density at radius 1 is 1.24 bits per heavy atom. The Labute approximate surface area is 183 Å². The highest BCUT2D eigenvalue weighted by molar-refractivity contribution is 5.92. The Morgan fingerprint density at radius 2 is 2.07 bits per heavy atom. The third-order valence-corrected chi connectivity index (χ3v) is 5.16. The standard InChI is InChI=1S/C19H26N6O2.2ClH/c26-19(16-14-25-7-6-20-5-3-18(25)23-16)22-13-17(15-2-1-4-21-12-15)24-8-10-27-11-9-24;;/h1-2,4,12,14,17,20H,3,5-11,13H2,(H,22,26);2*1H. The summed E-state index contributed by atoms with van der Waals surface area (Å²) in [5.41, 5.74) is 1.60. The number of hydrogen-bond acceptors (Lipinski definition) is 6. The molecule has 8 nitrogen and oxygen atoms in total. The van der Waals surface area contributed by atoms with Crippen LogP contribution in [-0.2, 0) is 17.7 Å². The number of carbonyl (C=O) groups excluding carboxylic acids is 1. The summed E-state index contributed by atoms with van der Waals surface area (Å²) in [6, 6.07) is 4.08. The Bertz CT molecular complexity index is 744. The first-order valence-electron chi connectivity index (χ1n) is 9.58. The lowest BCUT2D eigenvalue weighted by atomic mass is 10.1. The third-order valence-electron chi connectivity index (χ3n) is 5.16. The molecule has 0 aromatic carbocycles. The predicted molar refractivity (Wildman–Crippen MR) is 115 cm³/mol. The number of imidazole rings is 1. The van der Waals surface area contributed by atoms with Gasteiger partial charge in [-0.3, -0.25) is 14.7 Å². The average molecular weight is 443 g/mol. The molecule has 4 rings (SSSR count). The van der Waals surface area contributed by atoms with Gasteiger partial charge < -0.3 is 19.9 Å². The molecule has 4 heterocycles. The van der Waals surface area contributed by atoms with Crippen LogP contribution in [0.15, 0.2) is 30.7 Å². The molecule has 10 heteroatoms. The molecule has 1 atom stereocenters. The van der Waals surface area contributed by atoms with Crippen LogP contribution in [0.5, 0.6) is 0 Å². The highest BCUT2D eigenvalue weighted by Crippen LogP contribution is 2.20. The molecule has 2 N–H and O–H groups in total. The van der Waals surface area contributed by atoms with E-state index in [0.717, 1.165) is 50.5 Å². The first-order valence-corrected chi connectivity index (χ1v) is 9.58. The number of nitrogens with one attached hydrogen (secondary N) is 2. The molecule has 160 valence electrons. The first kappa shape index (κ1) is 23.6. The van der Waals surface area contributed by atoms with E-state index in [1.807, 2.05) is 18.5 Å². The number of halogens is 2. The fourth-order valence-electron chi connectivity index (χ4n) is 3.68. The van der Waals surface area contributed by atoms with Gasteiger partial charge in [0.1, 0.15) is 11.5 Å². The highest BCUT2D eigenvalue weighted by Gasteiger charge is 2.24. The second kappa shape index (κ2) is 11.5. The molecule has 2 aromatic rings. The van der Waals surface area contributed by atoms with Crippen LogP contribution in [0.2, 0.25) is 0 Å². The molecular weight excluding hydrogens is 415 g/mol. The van der Waals surface area contributed by atoms with Crippen molar-refractivity contribution in [1.82, 2.24) is 30.1 Å². The summed E-state index contributed by atoms with van der Waals surface area (Å²) in [7, 11) is 0. The van der Waals surface area contributed by atoms with Crippen molar-refractivity contribution < 1.29 is 9.53 Å². The van der Waals surface area contributed by atoms with Gasteiger partial charge >= 0.3 is 0 Å². The lowest BCUT2D eigenvalue weighted by Gasteiger charge is -2.34. The normalized spacial score (nSPS) is 17.8. The van der Waals surface area contributed by atoms with Crippen LogP contribution < -0.4 is 10.6 Å². The molecule has 0 radical (unpaired) electrons. The van der Waals surface area contributed by atoms with Crippen molar-refractivity contribution >= 4 is 30.7 Å².